The van der Waals surface area contributed by atoms with E-state index in [0.717, 1.165) is 10.4 Å². The monoisotopic (exact) mass is 438 g/mol. The van der Waals surface area contributed by atoms with E-state index < -0.39 is 33.0 Å². The topological polar surface area (TPSA) is 133 Å². The highest BCUT2D eigenvalue weighted by atomic mass is 32.2. The molecule has 1 atom stereocenters. The van der Waals surface area contributed by atoms with E-state index >= 15 is 0 Å². The number of hydrogen-bond acceptors (Lipinski definition) is 7. The van der Waals surface area contributed by atoms with Crippen LogP contribution in [0.3, 0.4) is 0 Å². The largest absolute Gasteiger partial charge is 0.387 e. The average molecular weight is 439 g/mol. The number of rotatable bonds is 6. The van der Waals surface area contributed by atoms with Crippen molar-refractivity contribution in [3.05, 3.63) is 41.3 Å². The quantitative estimate of drug-likeness (QED) is 0.403. The molecule has 1 fully saturated rings. The van der Waals surface area contributed by atoms with Gasteiger partial charge in [-0.25, -0.2) is 13.9 Å². The highest BCUT2D eigenvalue weighted by molar-refractivity contribution is 7.92. The van der Waals surface area contributed by atoms with Crippen LogP contribution in [0.4, 0.5) is 5.69 Å². The maximum atomic E-state index is 13.0. The third-order valence-corrected chi connectivity index (χ3v) is 9.09. The number of nitrogens with one attached hydrogen (secondary N) is 2. The Balaban J connectivity index is 1.99. The Bertz CT molecular complexity index is 1020. The van der Waals surface area contributed by atoms with E-state index in [9.17, 15) is 18.0 Å². The van der Waals surface area contributed by atoms with Crippen molar-refractivity contribution in [1.82, 2.24) is 5.48 Å². The highest BCUT2D eigenvalue weighted by Gasteiger charge is 2.49. The lowest BCUT2D eigenvalue weighted by atomic mass is 9.94. The maximum Gasteiger partial charge on any atom is 0.250 e. The lowest BCUT2D eigenvalue weighted by Crippen LogP contribution is -2.43. The molecule has 2 amide bonds. The molecule has 4 N–H and O–H groups in total. The zero-order valence-electron chi connectivity index (χ0n) is 15.6. The molecule has 0 aliphatic carbocycles. The van der Waals surface area contributed by atoms with Gasteiger partial charge in [0.2, 0.25) is 11.8 Å². The van der Waals surface area contributed by atoms with Crippen LogP contribution in [0.5, 0.6) is 0 Å². The second-order valence-corrected chi connectivity index (χ2v) is 10.4. The summed E-state index contributed by atoms with van der Waals surface area (Å²) in [6.07, 6.45) is 1.21. The van der Waals surface area contributed by atoms with Crippen molar-refractivity contribution < 1.29 is 28.3 Å². The summed E-state index contributed by atoms with van der Waals surface area (Å²) in [4.78, 5) is 24.7. The Morgan fingerprint density at radius 3 is 2.62 bits per heavy atom. The van der Waals surface area contributed by atoms with Crippen LogP contribution >= 0.6 is 11.3 Å². The maximum absolute atomic E-state index is 13.0. The third-order valence-electron chi connectivity index (χ3n) is 5.04. The predicted octanol–water partition coefficient (Wildman–Crippen LogP) is 2.04. The molecule has 3 rings (SSSR count). The number of carbonyl (C=O) groups excluding carboxylic acids is 2. The number of amides is 2. The molecule has 1 aliphatic heterocycles. The minimum absolute atomic E-state index is 0.00161. The average Bonchev–Trinajstić information content (AvgIpc) is 3.20. The Morgan fingerprint density at radius 1 is 1.14 bits per heavy atom. The first-order chi connectivity index (χ1) is 13.8. The molecule has 29 heavy (non-hydrogen) atoms. The van der Waals surface area contributed by atoms with E-state index in [4.69, 9.17) is 10.3 Å². The minimum atomic E-state index is -3.59. The second-order valence-electron chi connectivity index (χ2n) is 6.93. The van der Waals surface area contributed by atoms with Gasteiger partial charge in [0.1, 0.15) is 11.4 Å². The number of hydrogen-bond donors (Lipinski definition) is 4. The fraction of sp³-hybridized carbons (Fsp3) is 0.368. The van der Waals surface area contributed by atoms with E-state index in [2.05, 4.69) is 5.32 Å². The van der Waals surface area contributed by atoms with Crippen LogP contribution in [0.1, 0.15) is 30.6 Å². The van der Waals surface area contributed by atoms with Gasteiger partial charge in [-0.1, -0.05) is 18.6 Å². The van der Waals surface area contributed by atoms with Crippen LogP contribution in [0.15, 0.2) is 36.4 Å². The summed E-state index contributed by atoms with van der Waals surface area (Å²) in [5.74, 6) is -1.27. The lowest BCUT2D eigenvalue weighted by Gasteiger charge is -2.35. The SMILES string of the molecule is O=C(C[C@]1(c2ccc(-c3cccc(NC(=O)CO)c3)s2)CCCCS1(=O)=O)NO. The van der Waals surface area contributed by atoms with Gasteiger partial charge in [-0.15, -0.1) is 11.3 Å². The zero-order chi connectivity index (χ0) is 21.1. The number of sulfone groups is 1. The number of hydroxylamine groups is 1. The molecule has 1 aliphatic rings. The summed E-state index contributed by atoms with van der Waals surface area (Å²) >= 11 is 1.28. The number of aliphatic hydroxyl groups excluding tert-OH is 1. The fourth-order valence-corrected chi connectivity index (χ4v) is 7.38. The van der Waals surface area contributed by atoms with E-state index in [1.165, 1.54) is 11.3 Å². The molecule has 0 radical (unpaired) electrons. The predicted molar refractivity (Wildman–Crippen MR) is 109 cm³/mol. The van der Waals surface area contributed by atoms with Crippen LogP contribution in [-0.4, -0.2) is 42.9 Å². The Hall–Kier alpha value is -2.27. The van der Waals surface area contributed by atoms with Gasteiger partial charge in [-0.3, -0.25) is 14.8 Å². The molecular formula is C19H22N2O6S2. The van der Waals surface area contributed by atoms with Crippen molar-refractivity contribution in [2.45, 2.75) is 30.4 Å². The molecule has 1 saturated heterocycles. The first-order valence-corrected chi connectivity index (χ1v) is 11.5. The second kappa shape index (κ2) is 8.62. The van der Waals surface area contributed by atoms with Crippen LogP contribution in [0, 0.1) is 0 Å². The van der Waals surface area contributed by atoms with Crippen molar-refractivity contribution >= 4 is 38.7 Å². The summed E-state index contributed by atoms with van der Waals surface area (Å²) in [5, 5.41) is 20.4. The molecule has 1 aromatic carbocycles. The molecular weight excluding hydrogens is 416 g/mol. The summed E-state index contributed by atoms with van der Waals surface area (Å²) in [5.41, 5.74) is 2.84. The minimum Gasteiger partial charge on any atom is -0.387 e. The summed E-state index contributed by atoms with van der Waals surface area (Å²) in [6, 6.07) is 10.5. The van der Waals surface area contributed by atoms with E-state index in [0.29, 0.717) is 29.8 Å². The van der Waals surface area contributed by atoms with Gasteiger partial charge in [0.15, 0.2) is 9.84 Å². The third kappa shape index (κ3) is 4.35. The standard InChI is InChI=1S/C19H22N2O6S2/c22-12-18(24)20-14-5-3-4-13(10-14)15-6-7-16(28-15)19(11-17(23)21-25)8-1-2-9-29(19,26)27/h3-7,10,22,25H,1-2,8-9,11-12H2,(H,20,24)(H,21,23)/t19-/m0/s1. The van der Waals surface area contributed by atoms with Crippen molar-refractivity contribution in [2.24, 2.45) is 0 Å². The molecule has 0 unspecified atom stereocenters. The summed E-state index contributed by atoms with van der Waals surface area (Å²) < 4.78 is 24.6. The Labute approximate surface area is 172 Å². The fourth-order valence-electron chi connectivity index (χ4n) is 3.60. The Morgan fingerprint density at radius 2 is 1.93 bits per heavy atom. The molecule has 0 bridgehead atoms. The van der Waals surface area contributed by atoms with Gasteiger partial charge in [0, 0.05) is 15.4 Å². The summed E-state index contributed by atoms with van der Waals surface area (Å²) in [6.45, 7) is -0.624. The van der Waals surface area contributed by atoms with Gasteiger partial charge < -0.3 is 10.4 Å². The van der Waals surface area contributed by atoms with Crippen LogP contribution in [0.2, 0.25) is 0 Å². The highest BCUT2D eigenvalue weighted by Crippen LogP contribution is 2.47. The number of anilines is 1. The number of carbonyl (C=O) groups is 2. The van der Waals surface area contributed by atoms with Crippen molar-refractivity contribution in [3.8, 4) is 10.4 Å². The van der Waals surface area contributed by atoms with Gasteiger partial charge >= 0.3 is 0 Å². The zero-order valence-corrected chi connectivity index (χ0v) is 17.2. The molecule has 2 heterocycles. The molecule has 8 nitrogen and oxygen atoms in total. The van der Waals surface area contributed by atoms with Gasteiger partial charge in [-0.2, -0.15) is 0 Å². The molecule has 2 aromatic rings. The van der Waals surface area contributed by atoms with Gasteiger partial charge in [0.25, 0.3) is 0 Å². The van der Waals surface area contributed by atoms with Crippen molar-refractivity contribution in [3.63, 3.8) is 0 Å². The van der Waals surface area contributed by atoms with Crippen LogP contribution in [-0.2, 0) is 24.2 Å². The molecule has 10 heteroatoms. The number of aliphatic hydroxyl groups is 1. The first kappa shape index (κ1) is 21.4. The Kier molecular flexibility index (Phi) is 6.37. The molecule has 0 saturated carbocycles. The lowest BCUT2D eigenvalue weighted by molar-refractivity contribution is -0.130. The van der Waals surface area contributed by atoms with Gasteiger partial charge in [-0.05, 0) is 42.7 Å². The van der Waals surface area contributed by atoms with Crippen molar-refractivity contribution in [2.75, 3.05) is 17.7 Å². The molecule has 156 valence electrons. The normalized spacial score (nSPS) is 20.8. The van der Waals surface area contributed by atoms with E-state index in [1.807, 2.05) is 6.07 Å². The van der Waals surface area contributed by atoms with E-state index in [-0.39, 0.29) is 12.2 Å². The van der Waals surface area contributed by atoms with Gasteiger partial charge in [0.05, 0.1) is 12.2 Å². The smallest absolute Gasteiger partial charge is 0.250 e. The number of benzene rings is 1. The van der Waals surface area contributed by atoms with Crippen LogP contribution < -0.4 is 10.8 Å². The number of thiophene rings is 1. The van der Waals surface area contributed by atoms with Crippen molar-refractivity contribution in [1.29, 1.82) is 0 Å². The molecule has 0 spiro atoms. The molecule has 1 aromatic heterocycles. The van der Waals surface area contributed by atoms with Crippen LogP contribution in [0.25, 0.3) is 10.4 Å². The van der Waals surface area contributed by atoms with E-state index in [1.54, 1.807) is 35.8 Å². The summed E-state index contributed by atoms with van der Waals surface area (Å²) in [7, 11) is -3.59. The first-order valence-electron chi connectivity index (χ1n) is 9.08.